The van der Waals surface area contributed by atoms with E-state index in [1.54, 1.807) is 26.2 Å². The molecule has 0 heterocycles. The van der Waals surface area contributed by atoms with Gasteiger partial charge in [0.15, 0.2) is 0 Å². The van der Waals surface area contributed by atoms with Crippen LogP contribution in [0.25, 0.3) is 0 Å². The van der Waals surface area contributed by atoms with Crippen molar-refractivity contribution in [1.29, 1.82) is 0 Å². The Morgan fingerprint density at radius 2 is 1.88 bits per heavy atom. The molecule has 1 aliphatic rings. The first-order chi connectivity index (χ1) is 7.94. The summed E-state index contributed by atoms with van der Waals surface area (Å²) in [4.78, 5) is 0.350. The summed E-state index contributed by atoms with van der Waals surface area (Å²) in [6.07, 6.45) is 1.88. The molecule has 0 amide bonds. The summed E-state index contributed by atoms with van der Waals surface area (Å²) in [5, 5.41) is 0. The van der Waals surface area contributed by atoms with E-state index >= 15 is 0 Å². The monoisotopic (exact) mass is 255 g/mol. The fourth-order valence-electron chi connectivity index (χ4n) is 1.76. The van der Waals surface area contributed by atoms with Crippen molar-refractivity contribution in [2.24, 2.45) is 0 Å². The van der Waals surface area contributed by atoms with Gasteiger partial charge in [0.05, 0.1) is 12.0 Å². The molecule has 1 saturated carbocycles. The zero-order valence-corrected chi connectivity index (χ0v) is 11.1. The van der Waals surface area contributed by atoms with Gasteiger partial charge in [0.2, 0.25) is 10.0 Å². The van der Waals surface area contributed by atoms with Gasteiger partial charge in [-0.1, -0.05) is 0 Å². The molecule has 0 unspecified atom stereocenters. The number of methoxy groups -OCH3 is 1. The first-order valence-corrected chi connectivity index (χ1v) is 7.10. The molecule has 1 N–H and O–H groups in total. The molecule has 0 aromatic heterocycles. The van der Waals surface area contributed by atoms with E-state index in [-0.39, 0.29) is 6.04 Å². The predicted molar refractivity (Wildman–Crippen MR) is 65.8 cm³/mol. The van der Waals surface area contributed by atoms with Crippen LogP contribution in [0.1, 0.15) is 24.0 Å². The third kappa shape index (κ3) is 2.61. The van der Waals surface area contributed by atoms with Gasteiger partial charge in [0.1, 0.15) is 5.75 Å². The minimum absolute atomic E-state index is 0.127. The van der Waals surface area contributed by atoms with Crippen molar-refractivity contribution in [3.05, 3.63) is 23.3 Å². The smallest absolute Gasteiger partial charge is 0.241 e. The van der Waals surface area contributed by atoms with Crippen molar-refractivity contribution in [3.8, 4) is 5.75 Å². The summed E-state index contributed by atoms with van der Waals surface area (Å²) >= 11 is 0. The third-order valence-electron chi connectivity index (χ3n) is 2.88. The molecule has 5 heteroatoms. The largest absolute Gasteiger partial charge is 0.496 e. The quantitative estimate of drug-likeness (QED) is 0.891. The highest BCUT2D eigenvalue weighted by Gasteiger charge is 2.29. The van der Waals surface area contributed by atoms with Crippen molar-refractivity contribution in [2.45, 2.75) is 37.6 Å². The minimum Gasteiger partial charge on any atom is -0.496 e. The first kappa shape index (κ1) is 12.4. The van der Waals surface area contributed by atoms with E-state index < -0.39 is 10.0 Å². The van der Waals surface area contributed by atoms with Gasteiger partial charge < -0.3 is 4.74 Å². The van der Waals surface area contributed by atoms with Crippen molar-refractivity contribution in [1.82, 2.24) is 4.72 Å². The molecular weight excluding hydrogens is 238 g/mol. The molecule has 1 aromatic rings. The summed E-state index contributed by atoms with van der Waals surface area (Å²) < 4.78 is 32.1. The lowest BCUT2D eigenvalue weighted by atomic mass is 10.1. The van der Waals surface area contributed by atoms with Crippen LogP contribution in [-0.2, 0) is 10.0 Å². The summed E-state index contributed by atoms with van der Waals surface area (Å²) in [6.45, 7) is 3.62. The van der Waals surface area contributed by atoms with Gasteiger partial charge in [-0.3, -0.25) is 0 Å². The maximum Gasteiger partial charge on any atom is 0.241 e. The number of rotatable bonds is 4. The Labute approximate surface area is 102 Å². The number of hydrogen-bond donors (Lipinski definition) is 1. The van der Waals surface area contributed by atoms with Crippen LogP contribution < -0.4 is 9.46 Å². The Kier molecular flexibility index (Phi) is 3.14. The lowest BCUT2D eigenvalue weighted by molar-refractivity contribution is 0.411. The Morgan fingerprint density at radius 1 is 1.24 bits per heavy atom. The highest BCUT2D eigenvalue weighted by atomic mass is 32.2. The summed E-state index contributed by atoms with van der Waals surface area (Å²) in [5.74, 6) is 0.716. The SMILES string of the molecule is COc1cc(C)c(S(=O)(=O)NC2CC2)cc1C. The second kappa shape index (κ2) is 4.31. The van der Waals surface area contributed by atoms with E-state index in [1.807, 2.05) is 6.92 Å². The van der Waals surface area contributed by atoms with Gasteiger partial charge in [-0.05, 0) is 49.9 Å². The fourth-order valence-corrected chi connectivity index (χ4v) is 3.37. The van der Waals surface area contributed by atoms with Crippen molar-refractivity contribution >= 4 is 10.0 Å². The molecule has 2 rings (SSSR count). The molecule has 0 spiro atoms. The highest BCUT2D eigenvalue weighted by molar-refractivity contribution is 7.89. The average molecular weight is 255 g/mol. The molecule has 1 fully saturated rings. The topological polar surface area (TPSA) is 55.4 Å². The van der Waals surface area contributed by atoms with Crippen LogP contribution in [0.5, 0.6) is 5.75 Å². The predicted octanol–water partition coefficient (Wildman–Crippen LogP) is 1.75. The average Bonchev–Trinajstić information content (AvgIpc) is 3.03. The number of hydrogen-bond acceptors (Lipinski definition) is 3. The molecule has 0 aliphatic heterocycles. The number of nitrogens with one attached hydrogen (secondary N) is 1. The maximum atomic E-state index is 12.1. The van der Waals surface area contributed by atoms with Gasteiger partial charge in [0.25, 0.3) is 0 Å². The fraction of sp³-hybridized carbons (Fsp3) is 0.500. The van der Waals surface area contributed by atoms with Gasteiger partial charge >= 0.3 is 0 Å². The lowest BCUT2D eigenvalue weighted by Crippen LogP contribution is -2.26. The van der Waals surface area contributed by atoms with Gasteiger partial charge in [-0.2, -0.15) is 0 Å². The van der Waals surface area contributed by atoms with Crippen LogP contribution in [0.4, 0.5) is 0 Å². The molecule has 1 aromatic carbocycles. The summed E-state index contributed by atoms with van der Waals surface area (Å²) in [6, 6.07) is 3.55. The van der Waals surface area contributed by atoms with E-state index in [0.717, 1.165) is 18.4 Å². The van der Waals surface area contributed by atoms with Gasteiger partial charge in [-0.25, -0.2) is 13.1 Å². The molecule has 0 radical (unpaired) electrons. The number of aryl methyl sites for hydroxylation is 2. The Morgan fingerprint density at radius 3 is 2.41 bits per heavy atom. The molecular formula is C12H17NO3S. The minimum atomic E-state index is -3.38. The van der Waals surface area contributed by atoms with Crippen LogP contribution in [0.15, 0.2) is 17.0 Å². The van der Waals surface area contributed by atoms with Crippen LogP contribution in [0.3, 0.4) is 0 Å². The van der Waals surface area contributed by atoms with Crippen LogP contribution in [0, 0.1) is 13.8 Å². The maximum absolute atomic E-state index is 12.1. The Balaban J connectivity index is 2.40. The second-order valence-electron chi connectivity index (χ2n) is 4.48. The molecule has 94 valence electrons. The molecule has 1 aliphatic carbocycles. The van der Waals surface area contributed by atoms with Gasteiger partial charge in [-0.15, -0.1) is 0 Å². The van der Waals surface area contributed by atoms with Crippen molar-refractivity contribution in [3.63, 3.8) is 0 Å². The number of benzene rings is 1. The van der Waals surface area contributed by atoms with E-state index in [4.69, 9.17) is 4.74 Å². The van der Waals surface area contributed by atoms with Crippen molar-refractivity contribution < 1.29 is 13.2 Å². The molecule has 17 heavy (non-hydrogen) atoms. The van der Waals surface area contributed by atoms with E-state index in [2.05, 4.69) is 4.72 Å². The zero-order valence-electron chi connectivity index (χ0n) is 10.3. The van der Waals surface area contributed by atoms with Crippen molar-refractivity contribution in [2.75, 3.05) is 7.11 Å². The molecule has 0 bridgehead atoms. The number of sulfonamides is 1. The van der Waals surface area contributed by atoms with Crippen LogP contribution >= 0.6 is 0 Å². The third-order valence-corrected chi connectivity index (χ3v) is 4.54. The van der Waals surface area contributed by atoms with E-state index in [0.29, 0.717) is 16.2 Å². The molecule has 0 atom stereocenters. The lowest BCUT2D eigenvalue weighted by Gasteiger charge is -2.12. The standard InChI is InChI=1S/C12H17NO3S/c1-8-7-12(9(2)6-11(8)16-3)17(14,15)13-10-4-5-10/h6-7,10,13H,4-5H2,1-3H3. The first-order valence-electron chi connectivity index (χ1n) is 5.61. The number of ether oxygens (including phenoxy) is 1. The Bertz CT molecular complexity index is 533. The Hall–Kier alpha value is -1.07. The summed E-state index contributed by atoms with van der Waals surface area (Å²) in [7, 11) is -1.80. The highest BCUT2D eigenvalue weighted by Crippen LogP contribution is 2.27. The molecule has 4 nitrogen and oxygen atoms in total. The van der Waals surface area contributed by atoms with E-state index in [9.17, 15) is 8.42 Å². The van der Waals surface area contributed by atoms with Gasteiger partial charge in [0, 0.05) is 6.04 Å². The van der Waals surface area contributed by atoms with Crippen LogP contribution in [-0.4, -0.2) is 21.6 Å². The summed E-state index contributed by atoms with van der Waals surface area (Å²) in [5.41, 5.74) is 1.54. The van der Waals surface area contributed by atoms with Crippen LogP contribution in [0.2, 0.25) is 0 Å². The molecule has 0 saturated heterocycles. The zero-order chi connectivity index (χ0) is 12.6. The second-order valence-corrected chi connectivity index (χ2v) is 6.17. The van der Waals surface area contributed by atoms with E-state index in [1.165, 1.54) is 0 Å². The normalized spacial score (nSPS) is 15.9.